The summed E-state index contributed by atoms with van der Waals surface area (Å²) < 4.78 is 6.48. The van der Waals surface area contributed by atoms with Gasteiger partial charge in [0.25, 0.3) is 0 Å². The molecule has 0 unspecified atom stereocenters. The lowest BCUT2D eigenvalue weighted by Gasteiger charge is -2.39. The molecule has 1 aliphatic carbocycles. The van der Waals surface area contributed by atoms with Crippen LogP contribution in [-0.2, 0) is 4.43 Å². The molecule has 1 aromatic carbocycles. The summed E-state index contributed by atoms with van der Waals surface area (Å²) in [5, 5.41) is 3.86. The van der Waals surface area contributed by atoms with Crippen molar-refractivity contribution in [3.05, 3.63) is 47.2 Å². The second-order valence-corrected chi connectivity index (χ2v) is 11.7. The molecule has 3 rings (SSSR count). The molecule has 1 heterocycles. The predicted octanol–water partition coefficient (Wildman–Crippen LogP) is 4.77. The van der Waals surface area contributed by atoms with E-state index in [0.717, 1.165) is 6.42 Å². The zero-order valence-corrected chi connectivity index (χ0v) is 14.5. The summed E-state index contributed by atoms with van der Waals surface area (Å²) in [7, 11) is -1.54. The minimum absolute atomic E-state index is 0.407. The molecule has 114 valence electrons. The number of benzene rings is 1. The van der Waals surface area contributed by atoms with E-state index in [1.54, 1.807) is 5.57 Å². The van der Waals surface area contributed by atoms with Crippen LogP contribution in [-0.4, -0.2) is 14.4 Å². The third-order valence-electron chi connectivity index (χ3n) is 4.39. The normalized spacial score (nSPS) is 26.4. The SMILES string of the molecule is C[Si](C)(C)OC1=C2CCCC[C@@H]2N[C@H](c2ccccc2)C1. The molecule has 2 atom stereocenters. The van der Waals surface area contributed by atoms with Gasteiger partial charge in [-0.25, -0.2) is 0 Å². The molecule has 0 amide bonds. The average molecular weight is 302 g/mol. The molecule has 0 bridgehead atoms. The van der Waals surface area contributed by atoms with E-state index < -0.39 is 8.32 Å². The van der Waals surface area contributed by atoms with Gasteiger partial charge < -0.3 is 9.74 Å². The Kier molecular flexibility index (Phi) is 4.23. The van der Waals surface area contributed by atoms with E-state index >= 15 is 0 Å². The third kappa shape index (κ3) is 3.58. The average Bonchev–Trinajstić information content (AvgIpc) is 2.46. The van der Waals surface area contributed by atoms with Crippen molar-refractivity contribution in [3.63, 3.8) is 0 Å². The molecule has 1 aromatic rings. The summed E-state index contributed by atoms with van der Waals surface area (Å²) >= 11 is 0. The van der Waals surface area contributed by atoms with Gasteiger partial charge in [-0.15, -0.1) is 0 Å². The molecule has 1 N–H and O–H groups in total. The van der Waals surface area contributed by atoms with E-state index in [9.17, 15) is 0 Å². The summed E-state index contributed by atoms with van der Waals surface area (Å²) in [6, 6.07) is 11.8. The Hall–Kier alpha value is -1.06. The van der Waals surface area contributed by atoms with Crippen molar-refractivity contribution in [1.29, 1.82) is 0 Å². The number of hydrogen-bond acceptors (Lipinski definition) is 2. The van der Waals surface area contributed by atoms with Gasteiger partial charge in [-0.2, -0.15) is 0 Å². The minimum atomic E-state index is -1.54. The van der Waals surface area contributed by atoms with Gasteiger partial charge in [-0.05, 0) is 50.0 Å². The molecule has 0 radical (unpaired) electrons. The van der Waals surface area contributed by atoms with Crippen LogP contribution >= 0.6 is 0 Å². The summed E-state index contributed by atoms with van der Waals surface area (Å²) in [5.41, 5.74) is 2.95. The number of hydrogen-bond donors (Lipinski definition) is 1. The first-order valence-corrected chi connectivity index (χ1v) is 11.7. The lowest BCUT2D eigenvalue weighted by atomic mass is 9.83. The lowest BCUT2D eigenvalue weighted by molar-refractivity contribution is 0.290. The molecule has 2 nitrogen and oxygen atoms in total. The quantitative estimate of drug-likeness (QED) is 0.812. The molecule has 0 spiro atoms. The Balaban J connectivity index is 1.88. The van der Waals surface area contributed by atoms with E-state index in [-0.39, 0.29) is 0 Å². The van der Waals surface area contributed by atoms with Gasteiger partial charge in [0.1, 0.15) is 0 Å². The fourth-order valence-corrected chi connectivity index (χ4v) is 4.48. The van der Waals surface area contributed by atoms with Crippen molar-refractivity contribution in [2.75, 3.05) is 0 Å². The van der Waals surface area contributed by atoms with Crippen molar-refractivity contribution in [3.8, 4) is 0 Å². The van der Waals surface area contributed by atoms with Crippen LogP contribution in [0.1, 0.15) is 43.7 Å². The first kappa shape index (κ1) is 14.9. The number of fused-ring (bicyclic) bond motifs is 1. The molecule has 1 aliphatic heterocycles. The molecule has 1 saturated carbocycles. The third-order valence-corrected chi connectivity index (χ3v) is 5.25. The molecule has 3 heteroatoms. The van der Waals surface area contributed by atoms with Crippen LogP contribution in [0.2, 0.25) is 19.6 Å². The second-order valence-electron chi connectivity index (χ2n) is 7.30. The molecule has 2 aliphatic rings. The van der Waals surface area contributed by atoms with Crippen LogP contribution in [0.4, 0.5) is 0 Å². The Bertz CT molecular complexity index is 518. The minimum Gasteiger partial charge on any atom is -0.547 e. The maximum atomic E-state index is 6.48. The van der Waals surface area contributed by atoms with Crippen molar-refractivity contribution < 1.29 is 4.43 Å². The van der Waals surface area contributed by atoms with Crippen LogP contribution < -0.4 is 5.32 Å². The van der Waals surface area contributed by atoms with E-state index in [2.05, 4.69) is 55.3 Å². The number of rotatable bonds is 3. The Labute approximate surface area is 129 Å². The van der Waals surface area contributed by atoms with Gasteiger partial charge in [0.15, 0.2) is 0 Å². The largest absolute Gasteiger partial charge is 0.547 e. The van der Waals surface area contributed by atoms with Crippen molar-refractivity contribution in [2.45, 2.75) is 63.8 Å². The molecular weight excluding hydrogens is 274 g/mol. The van der Waals surface area contributed by atoms with Crippen molar-refractivity contribution >= 4 is 8.32 Å². The molecule has 0 aromatic heterocycles. The van der Waals surface area contributed by atoms with Crippen molar-refractivity contribution in [1.82, 2.24) is 5.32 Å². The summed E-state index contributed by atoms with van der Waals surface area (Å²) in [4.78, 5) is 0. The monoisotopic (exact) mass is 301 g/mol. The first-order valence-electron chi connectivity index (χ1n) is 8.25. The van der Waals surface area contributed by atoms with Crippen LogP contribution in [0.5, 0.6) is 0 Å². The van der Waals surface area contributed by atoms with Gasteiger partial charge >= 0.3 is 0 Å². The summed E-state index contributed by atoms with van der Waals surface area (Å²) in [6.45, 7) is 6.87. The van der Waals surface area contributed by atoms with E-state index in [1.165, 1.54) is 37.0 Å². The van der Waals surface area contributed by atoms with Crippen LogP contribution in [0.15, 0.2) is 41.7 Å². The van der Waals surface area contributed by atoms with E-state index in [1.807, 2.05) is 0 Å². The molecule has 21 heavy (non-hydrogen) atoms. The highest BCUT2D eigenvalue weighted by atomic mass is 28.4. The van der Waals surface area contributed by atoms with Gasteiger partial charge in [0, 0.05) is 18.5 Å². The predicted molar refractivity (Wildman–Crippen MR) is 90.6 cm³/mol. The fourth-order valence-electron chi connectivity index (χ4n) is 3.52. The van der Waals surface area contributed by atoms with Gasteiger partial charge in [0.2, 0.25) is 8.32 Å². The summed E-state index contributed by atoms with van der Waals surface area (Å²) in [5.74, 6) is 1.31. The first-order chi connectivity index (χ1) is 10.0. The Morgan fingerprint density at radius 2 is 1.81 bits per heavy atom. The maximum absolute atomic E-state index is 6.48. The highest BCUT2D eigenvalue weighted by Gasteiger charge is 2.33. The van der Waals surface area contributed by atoms with E-state index in [4.69, 9.17) is 4.43 Å². The van der Waals surface area contributed by atoms with Crippen molar-refractivity contribution in [2.24, 2.45) is 0 Å². The second kappa shape index (κ2) is 5.97. The van der Waals surface area contributed by atoms with Crippen LogP contribution in [0, 0.1) is 0 Å². The van der Waals surface area contributed by atoms with E-state index in [0.29, 0.717) is 12.1 Å². The van der Waals surface area contributed by atoms with Gasteiger partial charge in [0.05, 0.1) is 5.76 Å². The highest BCUT2D eigenvalue weighted by molar-refractivity contribution is 6.70. The highest BCUT2D eigenvalue weighted by Crippen LogP contribution is 2.38. The molecule has 1 fully saturated rings. The van der Waals surface area contributed by atoms with Gasteiger partial charge in [-0.1, -0.05) is 36.8 Å². The van der Waals surface area contributed by atoms with Crippen LogP contribution in [0.3, 0.4) is 0 Å². The zero-order valence-electron chi connectivity index (χ0n) is 13.5. The molecule has 0 saturated heterocycles. The maximum Gasteiger partial charge on any atom is 0.241 e. The fraction of sp³-hybridized carbons (Fsp3) is 0.556. The lowest BCUT2D eigenvalue weighted by Crippen LogP contribution is -2.42. The Morgan fingerprint density at radius 3 is 2.52 bits per heavy atom. The zero-order chi connectivity index (χ0) is 14.9. The number of nitrogens with one attached hydrogen (secondary N) is 1. The smallest absolute Gasteiger partial charge is 0.241 e. The standard InChI is InChI=1S/C18H27NOSi/c1-21(2,3)20-18-13-17(14-9-5-4-6-10-14)19-16-12-8-7-11-15(16)18/h4-6,9-10,16-17,19H,7-8,11-13H2,1-3H3/t16-,17-/m0/s1. The van der Waals surface area contributed by atoms with Gasteiger partial charge in [-0.3, -0.25) is 0 Å². The molecular formula is C18H27NOSi. The topological polar surface area (TPSA) is 21.3 Å². The Morgan fingerprint density at radius 1 is 1.05 bits per heavy atom. The summed E-state index contributed by atoms with van der Waals surface area (Å²) in [6.07, 6.45) is 6.15. The van der Waals surface area contributed by atoms with Crippen LogP contribution in [0.25, 0.3) is 0 Å².